The van der Waals surface area contributed by atoms with E-state index in [2.05, 4.69) is 35.3 Å². The van der Waals surface area contributed by atoms with Crippen LogP contribution in [0.5, 0.6) is 0 Å². The molecule has 1 aromatic carbocycles. The summed E-state index contributed by atoms with van der Waals surface area (Å²) in [5.74, 6) is 0. The van der Waals surface area contributed by atoms with E-state index in [4.69, 9.17) is 21.1 Å². The number of ether oxygens (including phenoxy) is 2. The van der Waals surface area contributed by atoms with E-state index in [9.17, 15) is 9.59 Å². The van der Waals surface area contributed by atoms with Crippen LogP contribution in [0.4, 0.5) is 9.59 Å². The van der Waals surface area contributed by atoms with Crippen LogP contribution >= 0.6 is 11.6 Å². The number of benzene rings is 1. The Bertz CT molecular complexity index is 1280. The number of alkyl carbamates (subject to hydrolysis) is 1. The van der Waals surface area contributed by atoms with Crippen LogP contribution < -0.4 is 5.32 Å². The fourth-order valence-electron chi connectivity index (χ4n) is 5.44. The molecule has 9 nitrogen and oxygen atoms in total. The fourth-order valence-corrected chi connectivity index (χ4v) is 5.61. The Kier molecular flexibility index (Phi) is 12.9. The number of imidazole rings is 1. The van der Waals surface area contributed by atoms with Crippen molar-refractivity contribution in [2.45, 2.75) is 90.5 Å². The Labute approximate surface area is 268 Å². The zero-order valence-electron chi connectivity index (χ0n) is 27.3. The summed E-state index contributed by atoms with van der Waals surface area (Å²) < 4.78 is 13.4. The molecule has 242 valence electrons. The molecular formula is C34H50ClN5O4. The Morgan fingerprint density at radius 3 is 2.45 bits per heavy atom. The highest BCUT2D eigenvalue weighted by atomic mass is 35.5. The van der Waals surface area contributed by atoms with E-state index in [0.29, 0.717) is 49.6 Å². The van der Waals surface area contributed by atoms with E-state index in [0.717, 1.165) is 36.1 Å². The molecule has 3 rings (SSSR count). The number of rotatable bonds is 14. The van der Waals surface area contributed by atoms with Gasteiger partial charge in [-0.25, -0.2) is 14.6 Å². The van der Waals surface area contributed by atoms with E-state index in [1.165, 1.54) is 0 Å². The summed E-state index contributed by atoms with van der Waals surface area (Å²) in [6.07, 6.45) is 8.49. The van der Waals surface area contributed by atoms with Crippen molar-refractivity contribution in [3.63, 3.8) is 0 Å². The largest absolute Gasteiger partial charge is 0.446 e. The second-order valence-electron chi connectivity index (χ2n) is 12.0. The smallest absolute Gasteiger partial charge is 0.410 e. The quantitative estimate of drug-likeness (QED) is 0.216. The highest BCUT2D eigenvalue weighted by molar-refractivity contribution is 6.30. The van der Waals surface area contributed by atoms with Crippen LogP contribution in [0.3, 0.4) is 0 Å². The molecule has 3 unspecified atom stereocenters. The van der Waals surface area contributed by atoms with Gasteiger partial charge in [0.25, 0.3) is 0 Å². The lowest BCUT2D eigenvalue weighted by atomic mass is 9.88. The van der Waals surface area contributed by atoms with Crippen molar-refractivity contribution in [3.8, 4) is 0 Å². The van der Waals surface area contributed by atoms with Gasteiger partial charge in [-0.15, -0.1) is 6.58 Å². The van der Waals surface area contributed by atoms with E-state index >= 15 is 0 Å². The molecule has 0 radical (unpaired) electrons. The number of hydrogen-bond acceptors (Lipinski definition) is 6. The maximum Gasteiger partial charge on any atom is 0.410 e. The van der Waals surface area contributed by atoms with Gasteiger partial charge in [-0.3, -0.25) is 4.90 Å². The molecule has 0 spiro atoms. The van der Waals surface area contributed by atoms with Crippen molar-refractivity contribution < 1.29 is 19.1 Å². The molecule has 2 amide bonds. The maximum atomic E-state index is 13.1. The molecule has 3 atom stereocenters. The Morgan fingerprint density at radius 1 is 1.18 bits per heavy atom. The van der Waals surface area contributed by atoms with Gasteiger partial charge in [0.05, 0.1) is 24.3 Å². The van der Waals surface area contributed by atoms with Crippen molar-refractivity contribution in [1.29, 1.82) is 0 Å². The summed E-state index contributed by atoms with van der Waals surface area (Å²) in [6, 6.07) is 5.13. The summed E-state index contributed by atoms with van der Waals surface area (Å²) in [6.45, 7) is 20.9. The highest BCUT2D eigenvalue weighted by Crippen LogP contribution is 2.38. The van der Waals surface area contributed by atoms with Gasteiger partial charge >= 0.3 is 12.2 Å². The zero-order valence-corrected chi connectivity index (χ0v) is 28.0. The minimum Gasteiger partial charge on any atom is -0.446 e. The van der Waals surface area contributed by atoms with Gasteiger partial charge in [0.15, 0.2) is 0 Å². The van der Waals surface area contributed by atoms with Crippen LogP contribution in [0.25, 0.3) is 5.57 Å². The molecule has 10 heteroatoms. The lowest BCUT2D eigenvalue weighted by Crippen LogP contribution is -2.50. The molecule has 2 heterocycles. The predicted molar refractivity (Wildman–Crippen MR) is 177 cm³/mol. The van der Waals surface area contributed by atoms with Crippen LogP contribution in [0.1, 0.15) is 95.6 Å². The van der Waals surface area contributed by atoms with Crippen LogP contribution in [0.2, 0.25) is 5.02 Å². The third-order valence-electron chi connectivity index (χ3n) is 8.44. The summed E-state index contributed by atoms with van der Waals surface area (Å²) in [4.78, 5) is 34.5. The van der Waals surface area contributed by atoms with Crippen LogP contribution in [0.15, 0.2) is 50.0 Å². The first-order valence-corrected chi connectivity index (χ1v) is 16.1. The van der Waals surface area contributed by atoms with Gasteiger partial charge in [0, 0.05) is 44.3 Å². The summed E-state index contributed by atoms with van der Waals surface area (Å²) >= 11 is 6.57. The van der Waals surface area contributed by atoms with Crippen LogP contribution in [0, 0.1) is 0 Å². The normalized spacial score (nSPS) is 16.1. The van der Waals surface area contributed by atoms with Crippen molar-refractivity contribution in [2.75, 3.05) is 26.2 Å². The first-order chi connectivity index (χ1) is 20.9. The van der Waals surface area contributed by atoms with Gasteiger partial charge in [-0.2, -0.15) is 0 Å². The molecule has 1 N–H and O–H groups in total. The first-order valence-electron chi connectivity index (χ1n) is 15.7. The average Bonchev–Trinajstić information content (AvgIpc) is 3.43. The monoisotopic (exact) mass is 627 g/mol. The molecule has 1 aromatic heterocycles. The number of hydrogen-bond donors (Lipinski definition) is 1. The standard InChI is InChI=1S/C34H50ClN5O4/c1-9-13-26(11-3)43-33(42)40-19-17-39(18-20-40)29(14-10-2)27-16-15-25(35)21-28(27)24(5)31(30-22-36-23-38(30)8)37-32(41)44-34(6,7)12-4/h10,15-16,21-23,26,29,31H,2,5,9,11-14,17-20H2,1,3-4,6-8H3,(H,37,41). The molecule has 1 saturated heterocycles. The van der Waals surface area contributed by atoms with Crippen molar-refractivity contribution in [1.82, 2.24) is 24.7 Å². The van der Waals surface area contributed by atoms with E-state index < -0.39 is 17.7 Å². The number of aryl methyl sites for hydroxylation is 1. The molecular weight excluding hydrogens is 578 g/mol. The van der Waals surface area contributed by atoms with Crippen LogP contribution in [-0.2, 0) is 16.5 Å². The molecule has 0 aliphatic carbocycles. The first kappa shape index (κ1) is 35.2. The second kappa shape index (κ2) is 16.1. The minimum atomic E-state index is -0.624. The Hall–Kier alpha value is -3.30. The molecule has 1 aliphatic rings. The Balaban J connectivity index is 1.89. The topological polar surface area (TPSA) is 88.9 Å². The second-order valence-corrected chi connectivity index (χ2v) is 12.5. The lowest BCUT2D eigenvalue weighted by molar-refractivity contribution is 0.0340. The molecule has 44 heavy (non-hydrogen) atoms. The third kappa shape index (κ3) is 9.11. The zero-order chi connectivity index (χ0) is 32.4. The molecule has 1 fully saturated rings. The Morgan fingerprint density at radius 2 is 1.89 bits per heavy atom. The lowest BCUT2D eigenvalue weighted by Gasteiger charge is -2.40. The number of aromatic nitrogens is 2. The number of nitrogens with zero attached hydrogens (tertiary/aromatic N) is 4. The summed E-state index contributed by atoms with van der Waals surface area (Å²) in [5.41, 5.74) is 2.64. The summed E-state index contributed by atoms with van der Waals surface area (Å²) in [7, 11) is 1.88. The predicted octanol–water partition coefficient (Wildman–Crippen LogP) is 7.69. The number of nitrogens with one attached hydrogen (secondary N) is 1. The number of halogens is 1. The van der Waals surface area contributed by atoms with Gasteiger partial charge < -0.3 is 24.3 Å². The van der Waals surface area contributed by atoms with Crippen LogP contribution in [-0.4, -0.2) is 69.4 Å². The number of carbonyl (C=O) groups is 2. The van der Waals surface area contributed by atoms with Gasteiger partial charge in [0.2, 0.25) is 0 Å². The van der Waals surface area contributed by atoms with Gasteiger partial charge in [-0.1, -0.05) is 57.5 Å². The van der Waals surface area contributed by atoms with E-state index in [1.807, 2.05) is 63.6 Å². The van der Waals surface area contributed by atoms with Gasteiger partial charge in [0.1, 0.15) is 11.7 Å². The summed E-state index contributed by atoms with van der Waals surface area (Å²) in [5, 5.41) is 3.60. The van der Waals surface area contributed by atoms with Crippen molar-refractivity contribution in [2.24, 2.45) is 7.05 Å². The third-order valence-corrected chi connectivity index (χ3v) is 8.67. The fraction of sp³-hybridized carbons (Fsp3) is 0.559. The van der Waals surface area contributed by atoms with Crippen molar-refractivity contribution >= 4 is 29.4 Å². The maximum absolute atomic E-state index is 13.1. The molecule has 1 aliphatic heterocycles. The number of amides is 2. The highest BCUT2D eigenvalue weighted by Gasteiger charge is 2.32. The number of piperazine rings is 1. The van der Waals surface area contributed by atoms with Crippen molar-refractivity contribution in [3.05, 3.63) is 71.8 Å². The molecule has 0 bridgehead atoms. The van der Waals surface area contributed by atoms with E-state index in [-0.39, 0.29) is 18.2 Å². The molecule has 2 aromatic rings. The minimum absolute atomic E-state index is 0.0451. The SMILES string of the molecule is C=CCC(c1ccc(Cl)cc1C(=C)C(NC(=O)OC(C)(C)CC)c1cncn1C)N1CCN(C(=O)OC(CC)CCC)CC1. The number of carbonyl (C=O) groups excluding carboxylic acids is 2. The van der Waals surface area contributed by atoms with E-state index in [1.54, 1.807) is 17.4 Å². The average molecular weight is 628 g/mol. The molecule has 0 saturated carbocycles. The van der Waals surface area contributed by atoms with Gasteiger partial charge in [-0.05, 0) is 68.4 Å².